The summed E-state index contributed by atoms with van der Waals surface area (Å²) >= 11 is 0. The van der Waals surface area contributed by atoms with E-state index in [2.05, 4.69) is 28.0 Å². The fourth-order valence-electron chi connectivity index (χ4n) is 2.26. The highest BCUT2D eigenvalue weighted by Crippen LogP contribution is 2.30. The fraction of sp³-hybridized carbons (Fsp3) is 0.667. The molecule has 0 aliphatic carbocycles. The first kappa shape index (κ1) is 11.3. The van der Waals surface area contributed by atoms with Crippen LogP contribution in [0.1, 0.15) is 30.4 Å². The summed E-state index contributed by atoms with van der Waals surface area (Å²) in [6.45, 7) is 3.14. The zero-order chi connectivity index (χ0) is 11.7. The zero-order valence-electron chi connectivity index (χ0n) is 10.6. The Morgan fingerprint density at radius 1 is 1.38 bits per heavy atom. The van der Waals surface area contributed by atoms with Crippen LogP contribution in [0.15, 0.2) is 6.07 Å². The van der Waals surface area contributed by atoms with E-state index in [0.29, 0.717) is 6.04 Å². The van der Waals surface area contributed by atoms with Gasteiger partial charge >= 0.3 is 0 Å². The van der Waals surface area contributed by atoms with Crippen molar-refractivity contribution in [1.29, 1.82) is 0 Å². The lowest BCUT2D eigenvalue weighted by Crippen LogP contribution is -2.20. The molecule has 16 heavy (non-hydrogen) atoms. The van der Waals surface area contributed by atoms with E-state index in [4.69, 9.17) is 0 Å². The SMILES string of the molecule is Cc1nc([C@@H]2CCCN2C)cc(N(C)C)n1. The summed E-state index contributed by atoms with van der Waals surface area (Å²) in [5.74, 6) is 1.87. The third-order valence-corrected chi connectivity index (χ3v) is 3.16. The van der Waals surface area contributed by atoms with Gasteiger partial charge in [0.05, 0.1) is 11.7 Å². The second-order valence-corrected chi connectivity index (χ2v) is 4.73. The van der Waals surface area contributed by atoms with Crippen LogP contribution in [0.2, 0.25) is 0 Å². The lowest BCUT2D eigenvalue weighted by atomic mass is 10.1. The molecule has 1 aromatic rings. The summed E-state index contributed by atoms with van der Waals surface area (Å²) in [6, 6.07) is 2.58. The molecule has 0 unspecified atom stereocenters. The van der Waals surface area contributed by atoms with Crippen molar-refractivity contribution in [2.24, 2.45) is 0 Å². The Bertz CT molecular complexity index is 375. The first-order valence-corrected chi connectivity index (χ1v) is 5.81. The summed E-state index contributed by atoms with van der Waals surface area (Å²) in [5.41, 5.74) is 1.16. The molecular formula is C12H20N4. The van der Waals surface area contributed by atoms with E-state index in [1.54, 1.807) is 0 Å². The molecule has 0 radical (unpaired) electrons. The number of hydrogen-bond acceptors (Lipinski definition) is 4. The van der Waals surface area contributed by atoms with Gasteiger partial charge in [-0.2, -0.15) is 0 Å². The van der Waals surface area contributed by atoms with Crippen LogP contribution in [0.4, 0.5) is 5.82 Å². The summed E-state index contributed by atoms with van der Waals surface area (Å²) in [4.78, 5) is 13.4. The average Bonchev–Trinajstić information content (AvgIpc) is 2.63. The van der Waals surface area contributed by atoms with Crippen molar-refractivity contribution in [3.63, 3.8) is 0 Å². The van der Waals surface area contributed by atoms with Crippen molar-refractivity contribution >= 4 is 5.82 Å². The molecule has 0 aromatic carbocycles. The van der Waals surface area contributed by atoms with Gasteiger partial charge in [-0.25, -0.2) is 9.97 Å². The van der Waals surface area contributed by atoms with E-state index in [1.165, 1.54) is 19.4 Å². The van der Waals surface area contributed by atoms with Crippen LogP contribution < -0.4 is 4.90 Å². The third kappa shape index (κ3) is 2.16. The third-order valence-electron chi connectivity index (χ3n) is 3.16. The molecule has 0 spiro atoms. The number of anilines is 1. The van der Waals surface area contributed by atoms with E-state index >= 15 is 0 Å². The van der Waals surface area contributed by atoms with Gasteiger partial charge in [0.1, 0.15) is 11.6 Å². The van der Waals surface area contributed by atoms with Crippen molar-refractivity contribution in [3.8, 4) is 0 Å². The van der Waals surface area contributed by atoms with Crippen molar-refractivity contribution in [3.05, 3.63) is 17.6 Å². The standard InChI is InChI=1S/C12H20N4/c1-9-13-10(8-12(14-9)15(2)3)11-6-5-7-16(11)4/h8,11H,5-7H2,1-4H3/t11-/m0/s1. The minimum absolute atomic E-state index is 0.473. The van der Waals surface area contributed by atoms with Gasteiger partial charge in [-0.05, 0) is 33.4 Å². The minimum Gasteiger partial charge on any atom is -0.363 e. The van der Waals surface area contributed by atoms with E-state index in [9.17, 15) is 0 Å². The molecule has 2 rings (SSSR count). The molecule has 0 N–H and O–H groups in total. The highest BCUT2D eigenvalue weighted by molar-refractivity contribution is 5.38. The van der Waals surface area contributed by atoms with Crippen LogP contribution >= 0.6 is 0 Å². The van der Waals surface area contributed by atoms with Gasteiger partial charge in [0.2, 0.25) is 0 Å². The van der Waals surface area contributed by atoms with Crippen molar-refractivity contribution in [2.45, 2.75) is 25.8 Å². The molecule has 1 aliphatic heterocycles. The van der Waals surface area contributed by atoms with Crippen molar-refractivity contribution in [1.82, 2.24) is 14.9 Å². The zero-order valence-corrected chi connectivity index (χ0v) is 10.6. The minimum atomic E-state index is 0.473. The second-order valence-electron chi connectivity index (χ2n) is 4.73. The van der Waals surface area contributed by atoms with E-state index in [0.717, 1.165) is 17.3 Å². The van der Waals surface area contributed by atoms with Gasteiger partial charge in [0.15, 0.2) is 0 Å². The summed E-state index contributed by atoms with van der Waals surface area (Å²) in [7, 11) is 6.21. The number of likely N-dealkylation sites (tertiary alicyclic amines) is 1. The molecule has 1 aliphatic rings. The molecule has 4 nitrogen and oxygen atoms in total. The van der Waals surface area contributed by atoms with Crippen LogP contribution in [0.25, 0.3) is 0 Å². The Morgan fingerprint density at radius 2 is 2.12 bits per heavy atom. The molecule has 0 saturated carbocycles. The van der Waals surface area contributed by atoms with Crippen molar-refractivity contribution < 1.29 is 0 Å². The Hall–Kier alpha value is -1.16. The molecule has 0 amide bonds. The first-order chi connectivity index (χ1) is 7.58. The number of rotatable bonds is 2. The first-order valence-electron chi connectivity index (χ1n) is 5.81. The van der Waals surface area contributed by atoms with Gasteiger partial charge < -0.3 is 4.90 Å². The maximum Gasteiger partial charge on any atom is 0.132 e. The molecule has 1 fully saturated rings. The summed E-state index contributed by atoms with van der Waals surface area (Å²) in [5, 5.41) is 0. The van der Waals surface area contributed by atoms with Gasteiger partial charge in [0, 0.05) is 20.2 Å². The number of hydrogen-bond donors (Lipinski definition) is 0. The Kier molecular flexibility index (Phi) is 3.10. The molecule has 1 saturated heterocycles. The van der Waals surface area contributed by atoms with Crippen LogP contribution in [0, 0.1) is 6.92 Å². The quantitative estimate of drug-likeness (QED) is 0.758. The summed E-state index contributed by atoms with van der Waals surface area (Å²) in [6.07, 6.45) is 2.47. The molecule has 1 atom stereocenters. The molecule has 2 heterocycles. The fourth-order valence-corrected chi connectivity index (χ4v) is 2.26. The highest BCUT2D eigenvalue weighted by Gasteiger charge is 2.24. The predicted molar refractivity (Wildman–Crippen MR) is 65.7 cm³/mol. The monoisotopic (exact) mass is 220 g/mol. The van der Waals surface area contributed by atoms with Gasteiger partial charge in [-0.1, -0.05) is 0 Å². The van der Waals surface area contributed by atoms with Crippen molar-refractivity contribution in [2.75, 3.05) is 32.6 Å². The maximum absolute atomic E-state index is 4.57. The highest BCUT2D eigenvalue weighted by atomic mass is 15.2. The summed E-state index contributed by atoms with van der Waals surface area (Å²) < 4.78 is 0. The Morgan fingerprint density at radius 3 is 2.69 bits per heavy atom. The van der Waals surface area contributed by atoms with Crippen LogP contribution in [0.3, 0.4) is 0 Å². The second kappa shape index (κ2) is 4.37. The van der Waals surface area contributed by atoms with E-state index < -0.39 is 0 Å². The molecule has 88 valence electrons. The van der Waals surface area contributed by atoms with E-state index in [-0.39, 0.29) is 0 Å². The predicted octanol–water partition coefficient (Wildman–Crippen LogP) is 1.62. The Balaban J connectivity index is 2.33. The number of nitrogens with zero attached hydrogens (tertiary/aromatic N) is 4. The Labute approximate surface area is 97.3 Å². The largest absolute Gasteiger partial charge is 0.363 e. The maximum atomic E-state index is 4.57. The van der Waals surface area contributed by atoms with Crippen LogP contribution in [-0.2, 0) is 0 Å². The van der Waals surface area contributed by atoms with E-state index in [1.807, 2.05) is 25.9 Å². The molecule has 4 heteroatoms. The van der Waals surface area contributed by atoms with Gasteiger partial charge in [-0.15, -0.1) is 0 Å². The topological polar surface area (TPSA) is 32.3 Å². The van der Waals surface area contributed by atoms with Gasteiger partial charge in [0.25, 0.3) is 0 Å². The average molecular weight is 220 g/mol. The van der Waals surface area contributed by atoms with Crippen LogP contribution in [0.5, 0.6) is 0 Å². The number of aryl methyl sites for hydroxylation is 1. The lowest BCUT2D eigenvalue weighted by molar-refractivity contribution is 0.311. The normalized spacial score (nSPS) is 21.4. The smallest absolute Gasteiger partial charge is 0.132 e. The van der Waals surface area contributed by atoms with Gasteiger partial charge in [-0.3, -0.25) is 4.90 Å². The molecule has 1 aromatic heterocycles. The molecular weight excluding hydrogens is 200 g/mol. The van der Waals surface area contributed by atoms with Crippen LogP contribution in [-0.4, -0.2) is 42.6 Å². The number of aromatic nitrogens is 2. The lowest BCUT2D eigenvalue weighted by Gasteiger charge is -2.21. The molecule has 0 bridgehead atoms.